The van der Waals surface area contributed by atoms with Gasteiger partial charge in [0.2, 0.25) is 0 Å². The van der Waals surface area contributed by atoms with Gasteiger partial charge in [-0.3, -0.25) is 9.59 Å². The van der Waals surface area contributed by atoms with Crippen LogP contribution in [0.2, 0.25) is 5.02 Å². The number of amides is 2. The van der Waals surface area contributed by atoms with Gasteiger partial charge in [-0.05, 0) is 40.2 Å². The highest BCUT2D eigenvalue weighted by Crippen LogP contribution is 2.35. The van der Waals surface area contributed by atoms with E-state index in [1.165, 1.54) is 24.3 Å². The molecule has 0 atom stereocenters. The molecule has 0 spiro atoms. The number of carbonyl (C=O) groups excluding carboxylic acids is 2. The fourth-order valence-corrected chi connectivity index (χ4v) is 2.56. The standard InChI is InChI=1S/C14H6BrClFNO2/c15-9-5-6-10(12(17)11(9)16)18-13(19)7-3-1-2-4-8(7)14(18)20/h1-6H. The van der Waals surface area contributed by atoms with Crippen molar-refractivity contribution in [1.82, 2.24) is 0 Å². The third kappa shape index (κ3) is 1.77. The third-order valence-electron chi connectivity index (χ3n) is 3.05. The number of carbonyl (C=O) groups is 2. The van der Waals surface area contributed by atoms with E-state index >= 15 is 0 Å². The van der Waals surface area contributed by atoms with E-state index in [1.54, 1.807) is 12.1 Å². The van der Waals surface area contributed by atoms with E-state index in [4.69, 9.17) is 11.6 Å². The average molecular weight is 355 g/mol. The Hall–Kier alpha value is -1.72. The Morgan fingerprint density at radius 3 is 2.10 bits per heavy atom. The van der Waals surface area contributed by atoms with Crippen LogP contribution in [0.15, 0.2) is 40.9 Å². The van der Waals surface area contributed by atoms with Gasteiger partial charge in [0.1, 0.15) is 0 Å². The van der Waals surface area contributed by atoms with Crippen LogP contribution in [0.4, 0.5) is 10.1 Å². The zero-order valence-electron chi connectivity index (χ0n) is 9.86. The van der Waals surface area contributed by atoms with Gasteiger partial charge in [-0.2, -0.15) is 0 Å². The summed E-state index contributed by atoms with van der Waals surface area (Å²) in [7, 11) is 0. The molecular weight excluding hydrogens is 349 g/mol. The molecule has 1 aliphatic rings. The van der Waals surface area contributed by atoms with Crippen LogP contribution in [0.1, 0.15) is 20.7 Å². The number of imide groups is 1. The van der Waals surface area contributed by atoms with E-state index in [9.17, 15) is 14.0 Å². The second kappa shape index (κ2) is 4.68. The molecule has 1 heterocycles. The highest BCUT2D eigenvalue weighted by atomic mass is 79.9. The lowest BCUT2D eigenvalue weighted by molar-refractivity contribution is 0.0925. The van der Waals surface area contributed by atoms with E-state index in [2.05, 4.69) is 15.9 Å². The van der Waals surface area contributed by atoms with Gasteiger partial charge in [0.15, 0.2) is 5.82 Å². The van der Waals surface area contributed by atoms with Gasteiger partial charge in [0.25, 0.3) is 11.8 Å². The van der Waals surface area contributed by atoms with Gasteiger partial charge in [-0.15, -0.1) is 0 Å². The number of rotatable bonds is 1. The monoisotopic (exact) mass is 353 g/mol. The van der Waals surface area contributed by atoms with Gasteiger partial charge in [-0.1, -0.05) is 23.7 Å². The Morgan fingerprint density at radius 2 is 1.55 bits per heavy atom. The highest BCUT2D eigenvalue weighted by Gasteiger charge is 2.38. The molecule has 0 radical (unpaired) electrons. The van der Waals surface area contributed by atoms with Gasteiger partial charge >= 0.3 is 0 Å². The van der Waals surface area contributed by atoms with Gasteiger partial charge < -0.3 is 0 Å². The average Bonchev–Trinajstić information content (AvgIpc) is 2.70. The molecule has 1 aliphatic heterocycles. The van der Waals surface area contributed by atoms with Crippen molar-refractivity contribution in [2.75, 3.05) is 4.90 Å². The van der Waals surface area contributed by atoms with Crippen LogP contribution < -0.4 is 4.90 Å². The summed E-state index contributed by atoms with van der Waals surface area (Å²) in [5.74, 6) is -1.92. The molecule has 0 saturated carbocycles. The largest absolute Gasteiger partial charge is 0.268 e. The maximum absolute atomic E-state index is 14.2. The summed E-state index contributed by atoms with van der Waals surface area (Å²) < 4.78 is 14.5. The summed E-state index contributed by atoms with van der Waals surface area (Å²) in [5, 5.41) is -0.168. The van der Waals surface area contributed by atoms with E-state index in [1.807, 2.05) is 0 Å². The van der Waals surface area contributed by atoms with Gasteiger partial charge in [0.05, 0.1) is 21.8 Å². The molecule has 0 N–H and O–H groups in total. The number of hydrogen-bond acceptors (Lipinski definition) is 2. The van der Waals surface area contributed by atoms with Crippen molar-refractivity contribution < 1.29 is 14.0 Å². The van der Waals surface area contributed by atoms with E-state index in [0.29, 0.717) is 4.47 Å². The van der Waals surface area contributed by atoms with Crippen molar-refractivity contribution >= 4 is 45.0 Å². The molecule has 20 heavy (non-hydrogen) atoms. The van der Waals surface area contributed by atoms with Crippen LogP contribution in [-0.4, -0.2) is 11.8 Å². The molecule has 0 aromatic heterocycles. The number of nitrogens with zero attached hydrogens (tertiary/aromatic N) is 1. The van der Waals surface area contributed by atoms with Gasteiger partial charge in [0, 0.05) is 4.47 Å². The zero-order chi connectivity index (χ0) is 14.4. The molecule has 0 unspecified atom stereocenters. The Bertz CT molecular complexity index is 728. The summed E-state index contributed by atoms with van der Waals surface area (Å²) in [4.78, 5) is 25.3. The quantitative estimate of drug-likeness (QED) is 0.572. The lowest BCUT2D eigenvalue weighted by atomic mass is 10.1. The van der Waals surface area contributed by atoms with Crippen LogP contribution in [0.5, 0.6) is 0 Å². The van der Waals surface area contributed by atoms with Crippen LogP contribution in [0, 0.1) is 5.82 Å². The lowest BCUT2D eigenvalue weighted by Gasteiger charge is -2.15. The molecule has 3 nitrogen and oxygen atoms in total. The highest BCUT2D eigenvalue weighted by molar-refractivity contribution is 9.10. The third-order valence-corrected chi connectivity index (χ3v) is 4.31. The maximum atomic E-state index is 14.2. The number of fused-ring (bicyclic) bond motifs is 1. The van der Waals surface area contributed by atoms with Crippen molar-refractivity contribution in [3.8, 4) is 0 Å². The number of halogens is 3. The minimum absolute atomic E-state index is 0.149. The molecule has 2 aromatic rings. The summed E-state index contributed by atoms with van der Waals surface area (Å²) in [6.07, 6.45) is 0. The fourth-order valence-electron chi connectivity index (χ4n) is 2.10. The molecule has 3 rings (SSSR count). The van der Waals surface area contributed by atoms with Crippen LogP contribution in [0.3, 0.4) is 0 Å². The first-order chi connectivity index (χ1) is 9.52. The molecule has 0 bridgehead atoms. The van der Waals surface area contributed by atoms with Crippen molar-refractivity contribution in [3.63, 3.8) is 0 Å². The molecule has 0 aliphatic carbocycles. The first-order valence-electron chi connectivity index (χ1n) is 5.63. The Kier molecular flexibility index (Phi) is 3.11. The number of anilines is 1. The van der Waals surface area contributed by atoms with Crippen molar-refractivity contribution in [3.05, 3.63) is 62.8 Å². The van der Waals surface area contributed by atoms with Gasteiger partial charge in [-0.25, -0.2) is 9.29 Å². The Balaban J connectivity index is 2.17. The minimum Gasteiger partial charge on any atom is -0.268 e. The fraction of sp³-hybridized carbons (Fsp3) is 0. The minimum atomic E-state index is -0.810. The summed E-state index contributed by atoms with van der Waals surface area (Å²) in [5.41, 5.74) is 0.372. The Morgan fingerprint density at radius 1 is 1.00 bits per heavy atom. The first kappa shape index (κ1) is 13.3. The maximum Gasteiger partial charge on any atom is 0.266 e. The topological polar surface area (TPSA) is 37.4 Å². The normalized spacial score (nSPS) is 13.8. The summed E-state index contributed by atoms with van der Waals surface area (Å²) in [6.45, 7) is 0. The SMILES string of the molecule is O=C1c2ccccc2C(=O)N1c1ccc(Br)c(Cl)c1F. The summed E-state index contributed by atoms with van der Waals surface area (Å²) >= 11 is 8.88. The lowest BCUT2D eigenvalue weighted by Crippen LogP contribution is -2.30. The Labute approximate surface area is 127 Å². The van der Waals surface area contributed by atoms with Crippen molar-refractivity contribution in [2.24, 2.45) is 0 Å². The number of hydrogen-bond donors (Lipinski definition) is 0. The molecule has 6 heteroatoms. The zero-order valence-corrected chi connectivity index (χ0v) is 12.2. The van der Waals surface area contributed by atoms with Crippen molar-refractivity contribution in [1.29, 1.82) is 0 Å². The second-order valence-electron chi connectivity index (χ2n) is 4.19. The predicted octanol–water partition coefficient (Wildman–Crippen LogP) is 4.04. The van der Waals surface area contributed by atoms with Crippen LogP contribution in [0.25, 0.3) is 0 Å². The van der Waals surface area contributed by atoms with E-state index in [0.717, 1.165) is 4.90 Å². The van der Waals surface area contributed by atoms with Crippen LogP contribution in [-0.2, 0) is 0 Å². The molecule has 100 valence electrons. The first-order valence-corrected chi connectivity index (χ1v) is 6.81. The predicted molar refractivity (Wildman–Crippen MR) is 76.7 cm³/mol. The molecule has 0 saturated heterocycles. The van der Waals surface area contributed by atoms with Crippen LogP contribution >= 0.6 is 27.5 Å². The number of benzene rings is 2. The smallest absolute Gasteiger partial charge is 0.266 e. The van der Waals surface area contributed by atoms with Crippen molar-refractivity contribution in [2.45, 2.75) is 0 Å². The molecule has 0 fully saturated rings. The van der Waals surface area contributed by atoms with E-state index in [-0.39, 0.29) is 21.8 Å². The second-order valence-corrected chi connectivity index (χ2v) is 5.42. The molecule has 2 amide bonds. The van der Waals surface area contributed by atoms with E-state index < -0.39 is 17.6 Å². The molecular formula is C14H6BrClFNO2. The molecule has 2 aromatic carbocycles. The summed E-state index contributed by atoms with van der Waals surface area (Å²) in [6, 6.07) is 9.20.